The summed E-state index contributed by atoms with van der Waals surface area (Å²) in [6, 6.07) is 0. The molecule has 0 spiro atoms. The van der Waals surface area contributed by atoms with Crippen molar-refractivity contribution >= 4 is 10.0 Å². The highest BCUT2D eigenvalue weighted by Gasteiger charge is 2.24. The summed E-state index contributed by atoms with van der Waals surface area (Å²) in [6.45, 7) is 1.24. The monoisotopic (exact) mass is 217 g/mol. The number of aryl methyl sites for hydroxylation is 1. The molecular weight excluding hydrogens is 206 g/mol. The summed E-state index contributed by atoms with van der Waals surface area (Å²) < 4.78 is 32.0. The zero-order chi connectivity index (χ0) is 10.2. The van der Waals surface area contributed by atoms with E-state index in [9.17, 15) is 8.42 Å². The Morgan fingerprint density at radius 1 is 1.64 bits per heavy atom. The van der Waals surface area contributed by atoms with E-state index in [0.29, 0.717) is 19.0 Å². The molecule has 1 aromatic rings. The molecule has 0 radical (unpaired) electrons. The summed E-state index contributed by atoms with van der Waals surface area (Å²) in [6.07, 6.45) is 2.17. The van der Waals surface area contributed by atoms with E-state index in [2.05, 4.69) is 9.82 Å². The predicted molar refractivity (Wildman–Crippen MR) is 48.6 cm³/mol. The van der Waals surface area contributed by atoms with Crippen LogP contribution in [0.25, 0.3) is 0 Å². The van der Waals surface area contributed by atoms with Crippen LogP contribution in [-0.2, 0) is 16.6 Å². The number of ether oxygens (including phenoxy) is 1. The van der Waals surface area contributed by atoms with Crippen molar-refractivity contribution in [2.45, 2.75) is 17.9 Å². The minimum absolute atomic E-state index is 0.111. The van der Waals surface area contributed by atoms with Gasteiger partial charge in [0.15, 0.2) is 4.90 Å². The van der Waals surface area contributed by atoms with E-state index in [1.165, 1.54) is 13.2 Å². The Hall–Kier alpha value is -1.08. The third-order valence-corrected chi connectivity index (χ3v) is 3.47. The topological polar surface area (TPSA) is 73.2 Å². The molecule has 2 heterocycles. The van der Waals surface area contributed by atoms with Crippen molar-refractivity contribution < 1.29 is 13.2 Å². The van der Waals surface area contributed by atoms with E-state index in [1.807, 2.05) is 0 Å². The van der Waals surface area contributed by atoms with Gasteiger partial charge in [0, 0.05) is 13.0 Å². The molecule has 7 heteroatoms. The van der Waals surface area contributed by atoms with E-state index in [1.54, 1.807) is 4.68 Å². The number of aromatic nitrogens is 2. The van der Waals surface area contributed by atoms with Crippen LogP contribution in [0.1, 0.15) is 6.42 Å². The number of rotatable bonds is 2. The highest BCUT2D eigenvalue weighted by molar-refractivity contribution is 7.89. The summed E-state index contributed by atoms with van der Waals surface area (Å²) in [7, 11) is -2.09. The van der Waals surface area contributed by atoms with Crippen molar-refractivity contribution in [2.75, 3.05) is 13.7 Å². The molecule has 2 rings (SSSR count). The predicted octanol–water partition coefficient (Wildman–Crippen LogP) is -0.426. The fourth-order valence-electron chi connectivity index (χ4n) is 1.34. The van der Waals surface area contributed by atoms with Gasteiger partial charge in [-0.2, -0.15) is 5.10 Å². The van der Waals surface area contributed by atoms with E-state index in [-0.39, 0.29) is 4.90 Å². The number of fused-ring (bicyclic) bond motifs is 1. The minimum Gasteiger partial charge on any atom is -0.477 e. The Kier molecular flexibility index (Phi) is 2.20. The summed E-state index contributed by atoms with van der Waals surface area (Å²) in [5.74, 6) is 0.339. The zero-order valence-corrected chi connectivity index (χ0v) is 8.54. The summed E-state index contributed by atoms with van der Waals surface area (Å²) in [5, 5.41) is 3.94. The van der Waals surface area contributed by atoms with Crippen molar-refractivity contribution in [3.63, 3.8) is 0 Å². The molecule has 0 saturated carbocycles. The van der Waals surface area contributed by atoms with Crippen molar-refractivity contribution in [3.05, 3.63) is 6.20 Å². The van der Waals surface area contributed by atoms with E-state index in [4.69, 9.17) is 4.74 Å². The van der Waals surface area contributed by atoms with Crippen LogP contribution in [0.2, 0.25) is 0 Å². The largest absolute Gasteiger partial charge is 0.477 e. The molecule has 1 aromatic heterocycles. The molecule has 0 aliphatic carbocycles. The van der Waals surface area contributed by atoms with Gasteiger partial charge in [-0.25, -0.2) is 17.8 Å². The van der Waals surface area contributed by atoms with Crippen LogP contribution in [0.15, 0.2) is 11.1 Å². The second-order valence-electron chi connectivity index (χ2n) is 2.95. The van der Waals surface area contributed by atoms with Gasteiger partial charge in [0.25, 0.3) is 0 Å². The Morgan fingerprint density at radius 2 is 2.43 bits per heavy atom. The molecular formula is C7H11N3O3S. The second kappa shape index (κ2) is 3.25. The molecule has 0 amide bonds. The minimum atomic E-state index is -3.45. The molecule has 6 nitrogen and oxygen atoms in total. The quantitative estimate of drug-likeness (QED) is 0.729. The van der Waals surface area contributed by atoms with E-state index < -0.39 is 10.0 Å². The summed E-state index contributed by atoms with van der Waals surface area (Å²) in [4.78, 5) is 0.111. The second-order valence-corrected chi connectivity index (χ2v) is 4.80. The molecule has 0 fully saturated rings. The van der Waals surface area contributed by atoms with Crippen molar-refractivity contribution in [1.29, 1.82) is 0 Å². The van der Waals surface area contributed by atoms with Crippen LogP contribution < -0.4 is 9.46 Å². The summed E-state index contributed by atoms with van der Waals surface area (Å²) in [5.41, 5.74) is 0. The highest BCUT2D eigenvalue weighted by Crippen LogP contribution is 2.25. The number of nitrogens with zero attached hydrogens (tertiary/aromatic N) is 2. The molecule has 0 unspecified atom stereocenters. The van der Waals surface area contributed by atoms with Crippen LogP contribution in [0.5, 0.6) is 5.88 Å². The number of hydrogen-bond acceptors (Lipinski definition) is 4. The maximum atomic E-state index is 11.5. The lowest BCUT2D eigenvalue weighted by atomic mass is 10.4. The maximum Gasteiger partial charge on any atom is 0.247 e. The first-order valence-electron chi connectivity index (χ1n) is 4.27. The van der Waals surface area contributed by atoms with Gasteiger partial charge in [0.05, 0.1) is 12.8 Å². The molecule has 1 aliphatic heterocycles. The molecule has 1 aliphatic rings. The smallest absolute Gasteiger partial charge is 0.247 e. The van der Waals surface area contributed by atoms with Crippen LogP contribution in [0.3, 0.4) is 0 Å². The van der Waals surface area contributed by atoms with Gasteiger partial charge < -0.3 is 4.74 Å². The van der Waals surface area contributed by atoms with Gasteiger partial charge in [-0.05, 0) is 7.05 Å². The Bertz CT molecular complexity index is 437. The van der Waals surface area contributed by atoms with Gasteiger partial charge in [-0.15, -0.1) is 0 Å². The first-order valence-corrected chi connectivity index (χ1v) is 5.75. The number of nitrogens with one attached hydrogen (secondary N) is 1. The molecule has 78 valence electrons. The van der Waals surface area contributed by atoms with Crippen LogP contribution in [0.4, 0.5) is 0 Å². The lowest BCUT2D eigenvalue weighted by Gasteiger charge is -2.15. The molecule has 0 bridgehead atoms. The third-order valence-electron chi connectivity index (χ3n) is 2.07. The van der Waals surface area contributed by atoms with Gasteiger partial charge >= 0.3 is 0 Å². The van der Waals surface area contributed by atoms with Crippen molar-refractivity contribution in [1.82, 2.24) is 14.5 Å². The lowest BCUT2D eigenvalue weighted by Crippen LogP contribution is -2.21. The fourth-order valence-corrected chi connectivity index (χ4v) is 2.14. The van der Waals surface area contributed by atoms with Crippen LogP contribution in [0, 0.1) is 0 Å². The van der Waals surface area contributed by atoms with Crippen molar-refractivity contribution in [3.8, 4) is 5.88 Å². The Morgan fingerprint density at radius 3 is 3.14 bits per heavy atom. The van der Waals surface area contributed by atoms with Gasteiger partial charge in [-0.3, -0.25) is 0 Å². The SMILES string of the molecule is CNS(=O)(=O)c1cnn2c1OCCC2. The van der Waals surface area contributed by atoms with Crippen LogP contribution >= 0.6 is 0 Å². The van der Waals surface area contributed by atoms with Gasteiger partial charge in [-0.1, -0.05) is 0 Å². The van der Waals surface area contributed by atoms with Gasteiger partial charge in [0.2, 0.25) is 15.9 Å². The van der Waals surface area contributed by atoms with Crippen molar-refractivity contribution in [2.24, 2.45) is 0 Å². The molecule has 14 heavy (non-hydrogen) atoms. The average Bonchev–Trinajstić information content (AvgIpc) is 2.61. The average molecular weight is 217 g/mol. The Balaban J connectivity index is 2.50. The zero-order valence-electron chi connectivity index (χ0n) is 7.73. The summed E-state index contributed by atoms with van der Waals surface area (Å²) >= 11 is 0. The molecule has 0 saturated heterocycles. The van der Waals surface area contributed by atoms with Gasteiger partial charge in [0.1, 0.15) is 0 Å². The van der Waals surface area contributed by atoms with Crippen LogP contribution in [-0.4, -0.2) is 31.9 Å². The first kappa shape index (κ1) is 9.47. The highest BCUT2D eigenvalue weighted by atomic mass is 32.2. The molecule has 0 aromatic carbocycles. The normalized spacial score (nSPS) is 16.1. The third kappa shape index (κ3) is 1.38. The van der Waals surface area contributed by atoms with E-state index >= 15 is 0 Å². The first-order chi connectivity index (χ1) is 6.65. The lowest BCUT2D eigenvalue weighted by molar-refractivity contribution is 0.224. The number of hydrogen-bond donors (Lipinski definition) is 1. The van der Waals surface area contributed by atoms with E-state index in [0.717, 1.165) is 6.42 Å². The fraction of sp³-hybridized carbons (Fsp3) is 0.571. The number of sulfonamides is 1. The maximum absolute atomic E-state index is 11.5. The Labute approximate surface area is 81.9 Å². The molecule has 0 atom stereocenters. The molecule has 1 N–H and O–H groups in total. The standard InChI is InChI=1S/C7H11N3O3S/c1-8-14(11,12)6-5-9-10-3-2-4-13-7(6)10/h5,8H,2-4H2,1H3.